The van der Waals surface area contributed by atoms with Crippen molar-refractivity contribution < 1.29 is 9.84 Å². The maximum absolute atomic E-state index is 9.97. The van der Waals surface area contributed by atoms with Gasteiger partial charge in [0.25, 0.3) is 0 Å². The molecule has 1 N–H and O–H groups in total. The van der Waals surface area contributed by atoms with Crippen LogP contribution >= 0.6 is 0 Å². The zero-order valence-corrected chi connectivity index (χ0v) is 11.9. The van der Waals surface area contributed by atoms with Gasteiger partial charge in [-0.25, -0.2) is 0 Å². The Kier molecular flexibility index (Phi) is 3.84. The largest absolute Gasteiger partial charge is 0.486 e. The predicted octanol–water partition coefficient (Wildman–Crippen LogP) is 3.87. The smallest absolute Gasteiger partial charge is 0.133 e. The lowest BCUT2D eigenvalue weighted by atomic mass is 10.0. The molecule has 0 spiro atoms. The summed E-state index contributed by atoms with van der Waals surface area (Å²) in [5, 5.41) is 12.1. The minimum Gasteiger partial charge on any atom is -0.486 e. The lowest BCUT2D eigenvalue weighted by Gasteiger charge is -2.16. The standard InChI is InChI=1S/C18H17NO2/c1-13(20)16-10-9-14-6-2-3-8-17(14)18(16)21-12-15-7-4-5-11-19-15/h2-11,13,20H,12H2,1H3. The summed E-state index contributed by atoms with van der Waals surface area (Å²) < 4.78 is 5.98. The van der Waals surface area contributed by atoms with Crippen molar-refractivity contribution in [1.29, 1.82) is 0 Å². The van der Waals surface area contributed by atoms with Crippen LogP contribution in [0.3, 0.4) is 0 Å². The Labute approximate surface area is 123 Å². The highest BCUT2D eigenvalue weighted by Gasteiger charge is 2.13. The van der Waals surface area contributed by atoms with Crippen LogP contribution in [0.15, 0.2) is 60.8 Å². The Hall–Kier alpha value is -2.39. The second-order valence-electron chi connectivity index (χ2n) is 4.99. The van der Waals surface area contributed by atoms with Crippen LogP contribution in [0.25, 0.3) is 10.8 Å². The van der Waals surface area contributed by atoms with E-state index < -0.39 is 6.10 Å². The lowest BCUT2D eigenvalue weighted by molar-refractivity contribution is 0.190. The molecule has 0 fully saturated rings. The van der Waals surface area contributed by atoms with Crippen LogP contribution in [0.1, 0.15) is 24.3 Å². The van der Waals surface area contributed by atoms with Gasteiger partial charge in [-0.2, -0.15) is 0 Å². The van der Waals surface area contributed by atoms with Gasteiger partial charge in [0.05, 0.1) is 11.8 Å². The third-order valence-corrected chi connectivity index (χ3v) is 3.45. The first-order valence-electron chi connectivity index (χ1n) is 6.98. The zero-order chi connectivity index (χ0) is 14.7. The molecule has 1 unspecified atom stereocenters. The number of ether oxygens (including phenoxy) is 1. The van der Waals surface area contributed by atoms with Crippen LogP contribution in [-0.4, -0.2) is 10.1 Å². The predicted molar refractivity (Wildman–Crippen MR) is 83.2 cm³/mol. The van der Waals surface area contributed by atoms with E-state index in [0.29, 0.717) is 6.61 Å². The van der Waals surface area contributed by atoms with Gasteiger partial charge in [-0.15, -0.1) is 0 Å². The number of nitrogens with zero attached hydrogens (tertiary/aromatic N) is 1. The molecule has 0 aliphatic rings. The van der Waals surface area contributed by atoms with Gasteiger partial charge in [-0.3, -0.25) is 4.98 Å². The maximum atomic E-state index is 9.97. The van der Waals surface area contributed by atoms with Crippen LogP contribution in [-0.2, 0) is 6.61 Å². The van der Waals surface area contributed by atoms with E-state index in [1.54, 1.807) is 13.1 Å². The van der Waals surface area contributed by atoms with E-state index >= 15 is 0 Å². The normalized spacial score (nSPS) is 12.3. The van der Waals surface area contributed by atoms with Gasteiger partial charge >= 0.3 is 0 Å². The second kappa shape index (κ2) is 5.94. The minimum absolute atomic E-state index is 0.383. The first kappa shape index (κ1) is 13.6. The first-order chi connectivity index (χ1) is 10.3. The molecular weight excluding hydrogens is 262 g/mol. The van der Waals surface area contributed by atoms with E-state index in [9.17, 15) is 5.11 Å². The molecule has 21 heavy (non-hydrogen) atoms. The highest BCUT2D eigenvalue weighted by molar-refractivity contribution is 5.89. The third kappa shape index (κ3) is 2.88. The van der Waals surface area contributed by atoms with Gasteiger partial charge in [-0.1, -0.05) is 42.5 Å². The van der Waals surface area contributed by atoms with Crippen molar-refractivity contribution in [3.8, 4) is 5.75 Å². The van der Waals surface area contributed by atoms with Crippen LogP contribution < -0.4 is 4.74 Å². The molecule has 1 atom stereocenters. The number of pyridine rings is 1. The second-order valence-corrected chi connectivity index (χ2v) is 4.99. The highest BCUT2D eigenvalue weighted by Crippen LogP contribution is 2.34. The number of rotatable bonds is 4. The summed E-state index contributed by atoms with van der Waals surface area (Å²) in [5.74, 6) is 0.730. The molecule has 0 aliphatic carbocycles. The number of hydrogen-bond donors (Lipinski definition) is 1. The van der Waals surface area contributed by atoms with Crippen molar-refractivity contribution in [3.63, 3.8) is 0 Å². The van der Waals surface area contributed by atoms with E-state index in [1.165, 1.54) is 0 Å². The fourth-order valence-electron chi connectivity index (χ4n) is 2.38. The van der Waals surface area contributed by atoms with Gasteiger partial charge in [0.15, 0.2) is 0 Å². The molecule has 0 saturated heterocycles. The molecule has 0 bridgehead atoms. The van der Waals surface area contributed by atoms with Gasteiger partial charge in [0.1, 0.15) is 12.4 Å². The van der Waals surface area contributed by atoms with Crippen LogP contribution in [0.4, 0.5) is 0 Å². The van der Waals surface area contributed by atoms with Gasteiger partial charge < -0.3 is 9.84 Å². The third-order valence-electron chi connectivity index (χ3n) is 3.45. The van der Waals surface area contributed by atoms with Crippen molar-refractivity contribution in [1.82, 2.24) is 4.98 Å². The molecule has 1 heterocycles. The molecule has 3 aromatic rings. The highest BCUT2D eigenvalue weighted by atomic mass is 16.5. The summed E-state index contributed by atoms with van der Waals surface area (Å²) in [6, 6.07) is 17.7. The molecule has 3 heteroatoms. The SMILES string of the molecule is CC(O)c1ccc2ccccc2c1OCc1ccccn1. The average molecular weight is 279 g/mol. The summed E-state index contributed by atoms with van der Waals surface area (Å²) in [6.07, 6.45) is 1.17. The molecule has 0 amide bonds. The number of aromatic nitrogens is 1. The Bertz CT molecular complexity index is 739. The van der Waals surface area contributed by atoms with E-state index in [4.69, 9.17) is 4.74 Å². The lowest BCUT2D eigenvalue weighted by Crippen LogP contribution is -2.03. The summed E-state index contributed by atoms with van der Waals surface area (Å²) in [7, 11) is 0. The Morgan fingerprint density at radius 3 is 2.62 bits per heavy atom. The topological polar surface area (TPSA) is 42.4 Å². The molecule has 3 nitrogen and oxygen atoms in total. The fourth-order valence-corrected chi connectivity index (χ4v) is 2.38. The minimum atomic E-state index is -0.576. The van der Waals surface area contributed by atoms with Gasteiger partial charge in [0, 0.05) is 17.1 Å². The Morgan fingerprint density at radius 1 is 1.05 bits per heavy atom. The summed E-state index contributed by atoms with van der Waals surface area (Å²) in [5.41, 5.74) is 1.66. The Morgan fingerprint density at radius 2 is 1.86 bits per heavy atom. The molecule has 1 aromatic heterocycles. The number of benzene rings is 2. The zero-order valence-electron chi connectivity index (χ0n) is 11.9. The number of aliphatic hydroxyl groups excluding tert-OH is 1. The quantitative estimate of drug-likeness (QED) is 0.788. The fraction of sp³-hybridized carbons (Fsp3) is 0.167. The number of hydrogen-bond acceptors (Lipinski definition) is 3. The van der Waals surface area contributed by atoms with Crippen LogP contribution in [0, 0.1) is 0 Å². The van der Waals surface area contributed by atoms with Crippen molar-refractivity contribution in [3.05, 3.63) is 72.1 Å². The van der Waals surface area contributed by atoms with Crippen LogP contribution in [0.2, 0.25) is 0 Å². The maximum Gasteiger partial charge on any atom is 0.133 e. The van der Waals surface area contributed by atoms with Gasteiger partial charge in [0.2, 0.25) is 0 Å². The van der Waals surface area contributed by atoms with Crippen molar-refractivity contribution in [2.75, 3.05) is 0 Å². The summed E-state index contributed by atoms with van der Waals surface area (Å²) in [4.78, 5) is 4.26. The summed E-state index contributed by atoms with van der Waals surface area (Å²) in [6.45, 7) is 2.13. The van der Waals surface area contributed by atoms with Crippen LogP contribution in [0.5, 0.6) is 5.75 Å². The van der Waals surface area contributed by atoms with E-state index in [1.807, 2.05) is 54.6 Å². The van der Waals surface area contributed by atoms with Gasteiger partial charge in [-0.05, 0) is 24.4 Å². The molecule has 0 radical (unpaired) electrons. The van der Waals surface area contributed by atoms with E-state index in [2.05, 4.69) is 4.98 Å². The van der Waals surface area contributed by atoms with Crippen molar-refractivity contribution >= 4 is 10.8 Å². The molecule has 0 aliphatic heterocycles. The average Bonchev–Trinajstić information content (AvgIpc) is 2.53. The van der Waals surface area contributed by atoms with Crippen molar-refractivity contribution in [2.24, 2.45) is 0 Å². The molecule has 106 valence electrons. The number of fused-ring (bicyclic) bond motifs is 1. The van der Waals surface area contributed by atoms with Crippen molar-refractivity contribution in [2.45, 2.75) is 19.6 Å². The monoisotopic (exact) mass is 279 g/mol. The molecular formula is C18H17NO2. The number of aliphatic hydroxyl groups is 1. The summed E-state index contributed by atoms with van der Waals surface area (Å²) >= 11 is 0. The molecule has 2 aromatic carbocycles. The Balaban J connectivity index is 2.00. The first-order valence-corrected chi connectivity index (χ1v) is 6.98. The molecule has 0 saturated carbocycles. The van der Waals surface area contributed by atoms with E-state index in [-0.39, 0.29) is 0 Å². The molecule has 3 rings (SSSR count). The van der Waals surface area contributed by atoms with E-state index in [0.717, 1.165) is 27.8 Å².